The molecule has 0 saturated heterocycles. The van der Waals surface area contributed by atoms with Crippen molar-refractivity contribution in [1.82, 2.24) is 0 Å². The van der Waals surface area contributed by atoms with Gasteiger partial charge in [-0.05, 0) is 30.9 Å². The summed E-state index contributed by atoms with van der Waals surface area (Å²) in [6.45, 7) is 1.98. The Hall–Kier alpha value is -1.71. The molecule has 1 aliphatic carbocycles. The van der Waals surface area contributed by atoms with Gasteiger partial charge < -0.3 is 14.9 Å². The second kappa shape index (κ2) is 5.73. The van der Waals surface area contributed by atoms with Crippen molar-refractivity contribution in [2.45, 2.75) is 50.9 Å². The zero-order valence-corrected chi connectivity index (χ0v) is 12.1. The monoisotopic (exact) mass is 278 g/mol. The zero-order valence-electron chi connectivity index (χ0n) is 12.1. The van der Waals surface area contributed by atoms with E-state index in [-0.39, 0.29) is 5.75 Å². The molecule has 2 rings (SSSR count). The minimum atomic E-state index is -0.970. The van der Waals surface area contributed by atoms with Crippen LogP contribution in [0.3, 0.4) is 0 Å². The van der Waals surface area contributed by atoms with Crippen molar-refractivity contribution >= 4 is 5.97 Å². The number of phenolic OH excluding ortho intramolecular Hbond substituents is 1. The lowest BCUT2D eigenvalue weighted by molar-refractivity contribution is -0.145. The number of carboxylic acids is 1. The zero-order chi connectivity index (χ0) is 14.8. The van der Waals surface area contributed by atoms with Crippen LogP contribution in [-0.2, 0) is 16.6 Å². The van der Waals surface area contributed by atoms with Crippen molar-refractivity contribution in [1.29, 1.82) is 0 Å². The molecule has 4 nitrogen and oxygen atoms in total. The fourth-order valence-electron chi connectivity index (χ4n) is 3.33. The smallest absolute Gasteiger partial charge is 0.314 e. The van der Waals surface area contributed by atoms with Gasteiger partial charge in [0.15, 0.2) is 11.5 Å². The van der Waals surface area contributed by atoms with E-state index < -0.39 is 11.4 Å². The predicted molar refractivity (Wildman–Crippen MR) is 76.4 cm³/mol. The third kappa shape index (κ3) is 2.23. The van der Waals surface area contributed by atoms with Crippen LogP contribution in [0.25, 0.3) is 0 Å². The number of ether oxygens (including phenoxy) is 1. The van der Waals surface area contributed by atoms with Gasteiger partial charge in [-0.25, -0.2) is 0 Å². The molecule has 1 saturated carbocycles. The molecule has 0 aliphatic heterocycles. The maximum absolute atomic E-state index is 11.9. The van der Waals surface area contributed by atoms with Gasteiger partial charge in [0.25, 0.3) is 0 Å². The maximum atomic E-state index is 11.9. The van der Waals surface area contributed by atoms with Crippen LogP contribution in [0.15, 0.2) is 12.1 Å². The molecule has 0 bridgehead atoms. The molecule has 1 aromatic rings. The van der Waals surface area contributed by atoms with Gasteiger partial charge in [0.2, 0.25) is 0 Å². The number of aryl methyl sites for hydroxylation is 1. The van der Waals surface area contributed by atoms with Crippen LogP contribution in [0.1, 0.15) is 50.2 Å². The molecule has 0 heterocycles. The van der Waals surface area contributed by atoms with Crippen LogP contribution >= 0.6 is 0 Å². The van der Waals surface area contributed by atoms with Gasteiger partial charge in [0.1, 0.15) is 0 Å². The Kier molecular flexibility index (Phi) is 4.21. The number of phenols is 1. The van der Waals surface area contributed by atoms with Crippen molar-refractivity contribution in [2.24, 2.45) is 0 Å². The van der Waals surface area contributed by atoms with Crippen LogP contribution in [0.5, 0.6) is 11.5 Å². The summed E-state index contributed by atoms with van der Waals surface area (Å²) in [5.41, 5.74) is 0.488. The van der Waals surface area contributed by atoms with Crippen LogP contribution in [0, 0.1) is 0 Å². The summed E-state index contributed by atoms with van der Waals surface area (Å²) in [5.74, 6) is -0.491. The van der Waals surface area contributed by atoms with Gasteiger partial charge in [0.05, 0.1) is 12.5 Å². The summed E-state index contributed by atoms with van der Waals surface area (Å²) in [6.07, 6.45) is 4.67. The summed E-state index contributed by atoms with van der Waals surface area (Å²) in [5, 5.41) is 20.3. The van der Waals surface area contributed by atoms with Crippen molar-refractivity contribution < 1.29 is 19.7 Å². The third-order valence-electron chi connectivity index (χ3n) is 4.42. The molecule has 20 heavy (non-hydrogen) atoms. The second-order valence-corrected chi connectivity index (χ2v) is 5.45. The summed E-state index contributed by atoms with van der Waals surface area (Å²) < 4.78 is 5.16. The van der Waals surface area contributed by atoms with Gasteiger partial charge in [-0.2, -0.15) is 0 Å². The third-order valence-corrected chi connectivity index (χ3v) is 4.42. The Morgan fingerprint density at radius 3 is 2.45 bits per heavy atom. The first-order valence-corrected chi connectivity index (χ1v) is 7.19. The second-order valence-electron chi connectivity index (χ2n) is 5.45. The summed E-state index contributed by atoms with van der Waals surface area (Å²) in [7, 11) is 1.48. The van der Waals surface area contributed by atoms with E-state index in [1.807, 2.05) is 13.0 Å². The van der Waals surface area contributed by atoms with E-state index in [1.54, 1.807) is 6.07 Å². The lowest BCUT2D eigenvalue weighted by Crippen LogP contribution is -2.38. The normalized spacial score (nSPS) is 17.7. The standard InChI is InChI=1S/C16H22O4/c1-3-11-7-8-12(20-2)14(17)13(11)16(15(18)19)9-5-4-6-10-16/h7-8,17H,3-6,9-10H2,1-2H3,(H,18,19). The molecule has 4 heteroatoms. The number of carboxylic acid groups (broad SMARTS) is 1. The quantitative estimate of drug-likeness (QED) is 0.887. The lowest BCUT2D eigenvalue weighted by atomic mass is 9.67. The highest BCUT2D eigenvalue weighted by molar-refractivity contribution is 5.84. The molecule has 1 aromatic carbocycles. The Bertz CT molecular complexity index is 501. The van der Waals surface area contributed by atoms with E-state index in [0.29, 0.717) is 30.6 Å². The molecule has 1 fully saturated rings. The van der Waals surface area contributed by atoms with Gasteiger partial charge in [-0.15, -0.1) is 0 Å². The fraction of sp³-hybridized carbons (Fsp3) is 0.562. The van der Waals surface area contributed by atoms with Gasteiger partial charge in [0, 0.05) is 5.56 Å². The number of hydrogen-bond acceptors (Lipinski definition) is 3. The molecule has 2 N–H and O–H groups in total. The number of carbonyl (C=O) groups is 1. The van der Waals surface area contributed by atoms with Crippen molar-refractivity contribution in [3.05, 3.63) is 23.3 Å². The number of benzene rings is 1. The summed E-state index contributed by atoms with van der Waals surface area (Å²) in [6, 6.07) is 3.57. The Morgan fingerprint density at radius 2 is 1.95 bits per heavy atom. The number of aliphatic carboxylic acids is 1. The molecule has 0 amide bonds. The maximum Gasteiger partial charge on any atom is 0.314 e. The van der Waals surface area contributed by atoms with Gasteiger partial charge in [-0.1, -0.05) is 32.3 Å². The van der Waals surface area contributed by atoms with Crippen molar-refractivity contribution in [3.63, 3.8) is 0 Å². The average molecular weight is 278 g/mol. The summed E-state index contributed by atoms with van der Waals surface area (Å²) >= 11 is 0. The van der Waals surface area contributed by atoms with E-state index >= 15 is 0 Å². The Morgan fingerprint density at radius 1 is 1.30 bits per heavy atom. The topological polar surface area (TPSA) is 66.8 Å². The molecule has 0 atom stereocenters. The van der Waals surface area contributed by atoms with Crippen LogP contribution in [-0.4, -0.2) is 23.3 Å². The van der Waals surface area contributed by atoms with Gasteiger partial charge >= 0.3 is 5.97 Å². The first-order chi connectivity index (χ1) is 9.56. The van der Waals surface area contributed by atoms with E-state index in [4.69, 9.17) is 4.74 Å². The van der Waals surface area contributed by atoms with E-state index in [1.165, 1.54) is 7.11 Å². The van der Waals surface area contributed by atoms with Crippen molar-refractivity contribution in [3.8, 4) is 11.5 Å². The number of methoxy groups -OCH3 is 1. The SMILES string of the molecule is CCc1ccc(OC)c(O)c1C1(C(=O)O)CCCCC1. The molecule has 0 unspecified atom stereocenters. The molecule has 0 spiro atoms. The van der Waals surface area contributed by atoms with Crippen molar-refractivity contribution in [2.75, 3.05) is 7.11 Å². The molecular formula is C16H22O4. The highest BCUT2D eigenvalue weighted by Crippen LogP contribution is 2.47. The largest absolute Gasteiger partial charge is 0.504 e. The molecular weight excluding hydrogens is 256 g/mol. The van der Waals surface area contributed by atoms with Gasteiger partial charge in [-0.3, -0.25) is 4.79 Å². The first kappa shape index (κ1) is 14.7. The summed E-state index contributed by atoms with van der Waals surface area (Å²) in [4.78, 5) is 11.9. The highest BCUT2D eigenvalue weighted by Gasteiger charge is 2.44. The molecule has 110 valence electrons. The molecule has 1 aliphatic rings. The first-order valence-electron chi connectivity index (χ1n) is 7.19. The van der Waals surface area contributed by atoms with E-state index in [2.05, 4.69) is 0 Å². The fourth-order valence-corrected chi connectivity index (χ4v) is 3.33. The number of aromatic hydroxyl groups is 1. The molecule has 0 aromatic heterocycles. The number of hydrogen-bond donors (Lipinski definition) is 2. The van der Waals surface area contributed by atoms with Crippen LogP contribution in [0.2, 0.25) is 0 Å². The minimum absolute atomic E-state index is 0.00356. The average Bonchev–Trinajstić information content (AvgIpc) is 2.47. The Labute approximate surface area is 119 Å². The molecule has 0 radical (unpaired) electrons. The predicted octanol–water partition coefficient (Wildman–Crippen LogP) is 3.25. The van der Waals surface area contributed by atoms with Crippen LogP contribution in [0.4, 0.5) is 0 Å². The lowest BCUT2D eigenvalue weighted by Gasteiger charge is -2.35. The van der Waals surface area contributed by atoms with Crippen LogP contribution < -0.4 is 4.74 Å². The minimum Gasteiger partial charge on any atom is -0.504 e. The van der Waals surface area contributed by atoms with E-state index in [0.717, 1.165) is 24.8 Å². The Balaban J connectivity index is 2.66. The number of rotatable bonds is 4. The van der Waals surface area contributed by atoms with E-state index in [9.17, 15) is 15.0 Å². The highest BCUT2D eigenvalue weighted by atomic mass is 16.5.